The van der Waals surface area contributed by atoms with Gasteiger partial charge >= 0.3 is 0 Å². The first-order chi connectivity index (χ1) is 17.5. The molecule has 0 radical (unpaired) electrons. The molecule has 2 aromatic rings. The van der Waals surface area contributed by atoms with Crippen molar-refractivity contribution in [2.75, 3.05) is 46.5 Å². The predicted molar refractivity (Wildman–Crippen MR) is 130 cm³/mol. The van der Waals surface area contributed by atoms with Gasteiger partial charge in [-0.2, -0.15) is 0 Å². The Hall–Kier alpha value is -3.50. The van der Waals surface area contributed by atoms with Crippen LogP contribution >= 0.6 is 0 Å². The van der Waals surface area contributed by atoms with Gasteiger partial charge in [0.15, 0.2) is 0 Å². The SMILES string of the molecule is COCC(=O)N1CCN2C(=O)[C@@H]3C[C@H](CN3Cc3ccccc3)NC(=O)c3cccnc3OC[C@@H]2C1. The fourth-order valence-corrected chi connectivity index (χ4v) is 5.30. The average molecular weight is 494 g/mol. The summed E-state index contributed by atoms with van der Waals surface area (Å²) in [4.78, 5) is 49.6. The van der Waals surface area contributed by atoms with Gasteiger partial charge < -0.3 is 24.6 Å². The van der Waals surface area contributed by atoms with Crippen molar-refractivity contribution in [3.05, 3.63) is 59.8 Å². The van der Waals surface area contributed by atoms with Crippen molar-refractivity contribution in [3.63, 3.8) is 0 Å². The third-order valence-corrected chi connectivity index (χ3v) is 7.07. The molecule has 2 fully saturated rings. The van der Waals surface area contributed by atoms with Gasteiger partial charge in [-0.15, -0.1) is 0 Å². The second-order valence-corrected chi connectivity index (χ2v) is 9.46. The zero-order valence-corrected chi connectivity index (χ0v) is 20.3. The molecule has 1 aromatic carbocycles. The lowest BCUT2D eigenvalue weighted by atomic mass is 10.1. The van der Waals surface area contributed by atoms with Crippen LogP contribution in [0, 0.1) is 0 Å². The highest BCUT2D eigenvalue weighted by Crippen LogP contribution is 2.27. The molecule has 4 heterocycles. The molecule has 0 spiro atoms. The number of piperazine rings is 1. The second kappa shape index (κ2) is 10.6. The molecule has 1 N–H and O–H groups in total. The number of nitrogens with one attached hydrogen (secondary N) is 1. The Kier molecular flexibility index (Phi) is 7.15. The molecule has 2 bridgehead atoms. The number of hydrogen-bond donors (Lipinski definition) is 1. The number of rotatable bonds is 4. The average Bonchev–Trinajstić information content (AvgIpc) is 3.29. The first-order valence-corrected chi connectivity index (χ1v) is 12.3. The van der Waals surface area contributed by atoms with Crippen LogP contribution in [0.2, 0.25) is 0 Å². The largest absolute Gasteiger partial charge is 0.475 e. The molecule has 190 valence electrons. The highest BCUT2D eigenvalue weighted by atomic mass is 16.5. The number of aromatic nitrogens is 1. The fourth-order valence-electron chi connectivity index (χ4n) is 5.30. The van der Waals surface area contributed by atoms with Crippen LogP contribution in [0.1, 0.15) is 22.3 Å². The van der Waals surface area contributed by atoms with Crippen molar-refractivity contribution in [2.45, 2.75) is 31.1 Å². The molecular weight excluding hydrogens is 462 g/mol. The van der Waals surface area contributed by atoms with Gasteiger partial charge in [-0.05, 0) is 24.1 Å². The van der Waals surface area contributed by atoms with E-state index in [0.29, 0.717) is 44.7 Å². The van der Waals surface area contributed by atoms with Gasteiger partial charge in [-0.3, -0.25) is 19.3 Å². The summed E-state index contributed by atoms with van der Waals surface area (Å²) in [5, 5.41) is 3.09. The number of carbonyl (C=O) groups is 3. The van der Waals surface area contributed by atoms with Crippen molar-refractivity contribution in [2.24, 2.45) is 0 Å². The summed E-state index contributed by atoms with van der Waals surface area (Å²) in [6, 6.07) is 12.5. The summed E-state index contributed by atoms with van der Waals surface area (Å²) in [7, 11) is 1.49. The molecule has 3 aliphatic heterocycles. The van der Waals surface area contributed by atoms with Gasteiger partial charge in [-0.1, -0.05) is 30.3 Å². The number of carbonyl (C=O) groups excluding carboxylic acids is 3. The number of benzene rings is 1. The van der Waals surface area contributed by atoms with Crippen LogP contribution in [0.25, 0.3) is 0 Å². The molecule has 0 saturated carbocycles. The molecule has 36 heavy (non-hydrogen) atoms. The van der Waals surface area contributed by atoms with Gasteiger partial charge in [0.1, 0.15) is 18.8 Å². The molecule has 0 aliphatic carbocycles. The Balaban J connectivity index is 1.46. The molecule has 10 nitrogen and oxygen atoms in total. The molecule has 0 unspecified atom stereocenters. The topological polar surface area (TPSA) is 104 Å². The van der Waals surface area contributed by atoms with E-state index in [1.165, 1.54) is 7.11 Å². The van der Waals surface area contributed by atoms with Crippen molar-refractivity contribution in [3.8, 4) is 5.88 Å². The lowest BCUT2D eigenvalue weighted by Crippen LogP contribution is -2.61. The number of fused-ring (bicyclic) bond motifs is 4. The van der Waals surface area contributed by atoms with Crippen LogP contribution in [-0.2, 0) is 20.9 Å². The van der Waals surface area contributed by atoms with Crippen LogP contribution in [0.15, 0.2) is 48.7 Å². The summed E-state index contributed by atoms with van der Waals surface area (Å²) >= 11 is 0. The van der Waals surface area contributed by atoms with Gasteiger partial charge in [-0.25, -0.2) is 4.98 Å². The van der Waals surface area contributed by atoms with Gasteiger partial charge in [0.2, 0.25) is 17.7 Å². The van der Waals surface area contributed by atoms with Crippen molar-refractivity contribution in [1.82, 2.24) is 25.0 Å². The number of likely N-dealkylation sites (tertiary alicyclic amines) is 1. The van der Waals surface area contributed by atoms with Crippen LogP contribution in [-0.4, -0.2) is 102 Å². The van der Waals surface area contributed by atoms with Crippen LogP contribution < -0.4 is 10.1 Å². The Morgan fingerprint density at radius 1 is 1.14 bits per heavy atom. The van der Waals surface area contributed by atoms with Crippen molar-refractivity contribution < 1.29 is 23.9 Å². The number of methoxy groups -OCH3 is 1. The third-order valence-electron chi connectivity index (χ3n) is 7.07. The molecule has 10 heteroatoms. The maximum Gasteiger partial charge on any atom is 0.257 e. The lowest BCUT2D eigenvalue weighted by molar-refractivity contribution is -0.148. The van der Waals surface area contributed by atoms with E-state index in [1.807, 2.05) is 35.2 Å². The maximum absolute atomic E-state index is 14.0. The van der Waals surface area contributed by atoms with E-state index in [-0.39, 0.29) is 54.9 Å². The summed E-state index contributed by atoms with van der Waals surface area (Å²) in [6.45, 7) is 2.45. The molecule has 5 rings (SSSR count). The normalized spacial score (nSPS) is 24.6. The number of amides is 3. The van der Waals surface area contributed by atoms with Gasteiger partial charge in [0, 0.05) is 52.1 Å². The minimum atomic E-state index is -0.382. The smallest absolute Gasteiger partial charge is 0.257 e. The Morgan fingerprint density at radius 2 is 1.97 bits per heavy atom. The molecule has 2 saturated heterocycles. The zero-order valence-electron chi connectivity index (χ0n) is 20.3. The summed E-state index contributed by atoms with van der Waals surface area (Å²) < 4.78 is 11.0. The number of nitrogens with zero attached hydrogens (tertiary/aromatic N) is 4. The molecular formula is C26H31N5O5. The Labute approximate surface area is 210 Å². The lowest BCUT2D eigenvalue weighted by Gasteiger charge is -2.43. The minimum Gasteiger partial charge on any atom is -0.475 e. The van der Waals surface area contributed by atoms with Gasteiger partial charge in [0.25, 0.3) is 5.91 Å². The van der Waals surface area contributed by atoms with Gasteiger partial charge in [0.05, 0.1) is 12.1 Å². The van der Waals surface area contributed by atoms with E-state index in [4.69, 9.17) is 9.47 Å². The summed E-state index contributed by atoms with van der Waals surface area (Å²) in [5.41, 5.74) is 1.47. The van der Waals surface area contributed by atoms with E-state index >= 15 is 0 Å². The first kappa shape index (κ1) is 24.2. The quantitative estimate of drug-likeness (QED) is 0.663. The van der Waals surface area contributed by atoms with Crippen LogP contribution in [0.4, 0.5) is 0 Å². The van der Waals surface area contributed by atoms with E-state index in [2.05, 4.69) is 15.2 Å². The first-order valence-electron chi connectivity index (χ1n) is 12.3. The number of ether oxygens (including phenoxy) is 2. The highest BCUT2D eigenvalue weighted by Gasteiger charge is 2.43. The summed E-state index contributed by atoms with van der Waals surface area (Å²) in [6.07, 6.45) is 2.09. The van der Waals surface area contributed by atoms with E-state index in [0.717, 1.165) is 5.56 Å². The number of hydrogen-bond acceptors (Lipinski definition) is 7. The minimum absolute atomic E-state index is 0.00283. The Bertz CT molecular complexity index is 1110. The fraction of sp³-hybridized carbons (Fsp3) is 0.462. The van der Waals surface area contributed by atoms with E-state index < -0.39 is 0 Å². The molecule has 1 aromatic heterocycles. The maximum atomic E-state index is 14.0. The third kappa shape index (κ3) is 5.05. The predicted octanol–water partition coefficient (Wildman–Crippen LogP) is 0.533. The monoisotopic (exact) mass is 493 g/mol. The van der Waals surface area contributed by atoms with Crippen molar-refractivity contribution in [1.29, 1.82) is 0 Å². The van der Waals surface area contributed by atoms with E-state index in [1.54, 1.807) is 23.2 Å². The second-order valence-electron chi connectivity index (χ2n) is 9.46. The molecule has 3 atom stereocenters. The standard InChI is InChI=1S/C26H31N5O5/c1-35-17-23(32)29-10-11-31-20(15-29)16-36-25-21(8-5-9-27-25)24(33)28-19-12-22(26(31)34)30(14-19)13-18-6-3-2-4-7-18/h2-9,19-20,22H,10-17H2,1H3,(H,28,33)/t19-,20+,22+/m1/s1. The van der Waals surface area contributed by atoms with Crippen molar-refractivity contribution >= 4 is 17.7 Å². The van der Waals surface area contributed by atoms with Crippen LogP contribution in [0.5, 0.6) is 5.88 Å². The highest BCUT2D eigenvalue weighted by molar-refractivity contribution is 5.96. The Morgan fingerprint density at radius 3 is 2.78 bits per heavy atom. The number of pyridine rings is 1. The molecule has 3 amide bonds. The zero-order chi connectivity index (χ0) is 25.1. The van der Waals surface area contributed by atoms with E-state index in [9.17, 15) is 14.4 Å². The summed E-state index contributed by atoms with van der Waals surface area (Å²) in [5.74, 6) is -0.176. The molecule has 3 aliphatic rings. The van der Waals surface area contributed by atoms with Crippen LogP contribution in [0.3, 0.4) is 0 Å².